The van der Waals surface area contributed by atoms with Gasteiger partial charge in [-0.05, 0) is 50.1 Å². The first-order valence-electron chi connectivity index (χ1n) is 11.0. The van der Waals surface area contributed by atoms with E-state index in [0.717, 1.165) is 22.9 Å². The van der Waals surface area contributed by atoms with Crippen molar-refractivity contribution >= 4 is 11.7 Å². The zero-order valence-electron chi connectivity index (χ0n) is 19.2. The summed E-state index contributed by atoms with van der Waals surface area (Å²) < 4.78 is 3.47. The number of imidazole rings is 1. The number of aryl methyl sites for hydroxylation is 3. The van der Waals surface area contributed by atoms with Gasteiger partial charge < -0.3 is 14.4 Å². The topological polar surface area (TPSA) is 76.3 Å². The largest absolute Gasteiger partial charge is 0.352 e. The van der Waals surface area contributed by atoms with Crippen LogP contribution < -0.4 is 10.5 Å². The number of piperazine rings is 1. The van der Waals surface area contributed by atoms with Crippen molar-refractivity contribution in [3.63, 3.8) is 0 Å². The van der Waals surface area contributed by atoms with Gasteiger partial charge in [-0.15, -0.1) is 5.10 Å². The Labute approximate surface area is 188 Å². The highest BCUT2D eigenvalue weighted by Crippen LogP contribution is 2.17. The Bertz CT molecular complexity index is 1170. The van der Waals surface area contributed by atoms with Crippen LogP contribution in [0.4, 0.5) is 5.82 Å². The first-order valence-corrected chi connectivity index (χ1v) is 11.0. The predicted octanol–water partition coefficient (Wildman–Crippen LogP) is 2.34. The van der Waals surface area contributed by atoms with Gasteiger partial charge in [-0.2, -0.15) is 4.68 Å². The van der Waals surface area contributed by atoms with Crippen LogP contribution in [0, 0.1) is 26.7 Å². The number of anilines is 1. The van der Waals surface area contributed by atoms with Gasteiger partial charge in [0.1, 0.15) is 11.6 Å². The Morgan fingerprint density at radius 2 is 1.78 bits per heavy atom. The zero-order valence-corrected chi connectivity index (χ0v) is 19.2. The molecule has 8 heteroatoms. The summed E-state index contributed by atoms with van der Waals surface area (Å²) >= 11 is 0. The van der Waals surface area contributed by atoms with Crippen molar-refractivity contribution in [3.8, 4) is 5.69 Å². The zero-order chi connectivity index (χ0) is 22.8. The van der Waals surface area contributed by atoms with Crippen LogP contribution in [0.25, 0.3) is 5.69 Å². The Kier molecular flexibility index (Phi) is 6.12. The Balaban J connectivity index is 1.43. The number of hydrogen-bond acceptors (Lipinski definition) is 5. The molecule has 8 nitrogen and oxygen atoms in total. The molecule has 1 unspecified atom stereocenters. The summed E-state index contributed by atoms with van der Waals surface area (Å²) in [5, 5.41) is 4.62. The quantitative estimate of drug-likeness (QED) is 0.616. The average molecular weight is 435 g/mol. The summed E-state index contributed by atoms with van der Waals surface area (Å²) in [6.45, 7) is 11.3. The lowest BCUT2D eigenvalue weighted by Crippen LogP contribution is -2.51. The second kappa shape index (κ2) is 8.98. The van der Waals surface area contributed by atoms with Crippen LogP contribution in [0.2, 0.25) is 0 Å². The highest BCUT2D eigenvalue weighted by atomic mass is 16.2. The van der Waals surface area contributed by atoms with Gasteiger partial charge in [0.15, 0.2) is 0 Å². The molecule has 1 saturated heterocycles. The Morgan fingerprint density at radius 3 is 2.44 bits per heavy atom. The molecule has 1 amide bonds. The third kappa shape index (κ3) is 4.44. The number of rotatable bonds is 5. The fourth-order valence-corrected chi connectivity index (χ4v) is 4.05. The molecule has 1 atom stereocenters. The summed E-state index contributed by atoms with van der Waals surface area (Å²) in [6.07, 6.45) is 3.67. The SMILES string of the molecule is Cc1ccc(-n2nc(N3CCN(C(=O)C(C)Cn4ccnc4C)CC3)ccc2=O)cc1C. The monoisotopic (exact) mass is 434 g/mol. The third-order valence-corrected chi connectivity index (χ3v) is 6.25. The number of carbonyl (C=O) groups excluding carboxylic acids is 1. The lowest BCUT2D eigenvalue weighted by molar-refractivity contribution is -0.135. The Hall–Kier alpha value is -3.42. The van der Waals surface area contributed by atoms with Crippen LogP contribution in [-0.4, -0.2) is 56.3 Å². The Morgan fingerprint density at radius 1 is 1.03 bits per heavy atom. The summed E-state index contributed by atoms with van der Waals surface area (Å²) in [7, 11) is 0. The van der Waals surface area contributed by atoms with Crippen molar-refractivity contribution in [2.24, 2.45) is 5.92 Å². The minimum Gasteiger partial charge on any atom is -0.352 e. The minimum atomic E-state index is -0.158. The molecule has 0 bridgehead atoms. The van der Waals surface area contributed by atoms with E-state index in [9.17, 15) is 9.59 Å². The normalized spacial score (nSPS) is 15.1. The van der Waals surface area contributed by atoms with E-state index in [2.05, 4.69) is 15.0 Å². The summed E-state index contributed by atoms with van der Waals surface area (Å²) in [6, 6.07) is 9.22. The predicted molar refractivity (Wildman–Crippen MR) is 124 cm³/mol. The van der Waals surface area contributed by atoms with Crippen LogP contribution >= 0.6 is 0 Å². The summed E-state index contributed by atoms with van der Waals surface area (Å²) in [5.74, 6) is 1.71. The van der Waals surface area contributed by atoms with Crippen LogP contribution in [0.1, 0.15) is 23.9 Å². The number of nitrogens with zero attached hydrogens (tertiary/aromatic N) is 6. The standard InChI is InChI=1S/C24H30N6O2/c1-17-5-6-21(15-18(17)2)30-23(31)8-7-22(26-30)27-11-13-28(14-12-27)24(32)19(3)16-29-10-9-25-20(29)4/h5-10,15,19H,11-14,16H2,1-4H3. The average Bonchev–Trinajstić information content (AvgIpc) is 3.20. The molecule has 168 valence electrons. The first-order chi connectivity index (χ1) is 15.3. The minimum absolute atomic E-state index is 0.112. The molecule has 0 N–H and O–H groups in total. The van der Waals surface area contributed by atoms with Gasteiger partial charge in [0.25, 0.3) is 5.56 Å². The van der Waals surface area contributed by atoms with Crippen LogP contribution in [0.3, 0.4) is 0 Å². The molecule has 0 aliphatic carbocycles. The van der Waals surface area contributed by atoms with E-state index in [0.29, 0.717) is 32.7 Å². The van der Waals surface area contributed by atoms with Gasteiger partial charge >= 0.3 is 0 Å². The second-order valence-corrected chi connectivity index (χ2v) is 8.55. The fraction of sp³-hybridized carbons (Fsp3) is 0.417. The van der Waals surface area contributed by atoms with Gasteiger partial charge in [0, 0.05) is 51.2 Å². The number of amides is 1. The molecule has 1 aliphatic rings. The van der Waals surface area contributed by atoms with Crippen molar-refractivity contribution in [2.75, 3.05) is 31.1 Å². The first kappa shape index (κ1) is 21.8. The highest BCUT2D eigenvalue weighted by Gasteiger charge is 2.26. The molecule has 32 heavy (non-hydrogen) atoms. The van der Waals surface area contributed by atoms with Gasteiger partial charge in [-0.25, -0.2) is 4.98 Å². The van der Waals surface area contributed by atoms with Crippen molar-refractivity contribution < 1.29 is 4.79 Å². The van der Waals surface area contributed by atoms with Crippen LogP contribution in [-0.2, 0) is 11.3 Å². The number of hydrogen-bond donors (Lipinski definition) is 0. The molecule has 3 aromatic rings. The molecular weight excluding hydrogens is 404 g/mol. The van der Waals surface area contributed by atoms with Crippen molar-refractivity contribution in [1.29, 1.82) is 0 Å². The van der Waals surface area contributed by atoms with Crippen molar-refractivity contribution in [1.82, 2.24) is 24.2 Å². The summed E-state index contributed by atoms with van der Waals surface area (Å²) in [4.78, 5) is 33.7. The molecular formula is C24H30N6O2. The maximum atomic E-state index is 12.9. The van der Waals surface area contributed by atoms with Gasteiger partial charge in [-0.1, -0.05) is 13.0 Å². The number of carbonyl (C=O) groups is 1. The van der Waals surface area contributed by atoms with E-state index in [1.807, 2.05) is 61.6 Å². The van der Waals surface area contributed by atoms with Gasteiger partial charge in [0.05, 0.1) is 11.6 Å². The second-order valence-electron chi connectivity index (χ2n) is 8.55. The molecule has 0 radical (unpaired) electrons. The van der Waals surface area contributed by atoms with Crippen LogP contribution in [0.5, 0.6) is 0 Å². The molecule has 1 aliphatic heterocycles. The summed E-state index contributed by atoms with van der Waals surface area (Å²) in [5.41, 5.74) is 2.90. The van der Waals surface area contributed by atoms with Gasteiger partial charge in [0.2, 0.25) is 5.91 Å². The van der Waals surface area contributed by atoms with E-state index in [1.54, 1.807) is 18.3 Å². The number of benzene rings is 1. The van der Waals surface area contributed by atoms with Crippen molar-refractivity contribution in [3.05, 3.63) is 70.0 Å². The molecule has 3 heterocycles. The van der Waals surface area contributed by atoms with E-state index in [4.69, 9.17) is 0 Å². The smallest absolute Gasteiger partial charge is 0.271 e. The fourth-order valence-electron chi connectivity index (χ4n) is 4.05. The lowest BCUT2D eigenvalue weighted by atomic mass is 10.1. The molecule has 2 aromatic heterocycles. The van der Waals surface area contributed by atoms with Crippen molar-refractivity contribution in [2.45, 2.75) is 34.2 Å². The van der Waals surface area contributed by atoms with E-state index < -0.39 is 0 Å². The third-order valence-electron chi connectivity index (χ3n) is 6.25. The molecule has 0 saturated carbocycles. The molecule has 0 spiro atoms. The number of aromatic nitrogens is 4. The van der Waals surface area contributed by atoms with Crippen LogP contribution in [0.15, 0.2) is 47.5 Å². The van der Waals surface area contributed by atoms with Gasteiger partial charge in [-0.3, -0.25) is 9.59 Å². The molecule has 4 rings (SSSR count). The maximum Gasteiger partial charge on any atom is 0.271 e. The highest BCUT2D eigenvalue weighted by molar-refractivity contribution is 5.78. The van der Waals surface area contributed by atoms with E-state index in [-0.39, 0.29) is 17.4 Å². The lowest BCUT2D eigenvalue weighted by Gasteiger charge is -2.36. The maximum absolute atomic E-state index is 12.9. The van der Waals surface area contributed by atoms with E-state index in [1.165, 1.54) is 10.2 Å². The molecule has 1 fully saturated rings. The molecule has 1 aromatic carbocycles. The van der Waals surface area contributed by atoms with E-state index >= 15 is 0 Å².